The Labute approximate surface area is 180 Å². The minimum atomic E-state index is -1.05. The van der Waals surface area contributed by atoms with Gasteiger partial charge in [0.05, 0.1) is 12.6 Å². The Morgan fingerprint density at radius 2 is 1.94 bits per heavy atom. The lowest BCUT2D eigenvalue weighted by molar-refractivity contribution is -0.118. The van der Waals surface area contributed by atoms with Crippen molar-refractivity contribution in [3.8, 4) is 5.75 Å². The maximum absolute atomic E-state index is 12.3. The molecule has 3 rings (SSSR count). The van der Waals surface area contributed by atoms with Crippen molar-refractivity contribution in [2.75, 3.05) is 51.4 Å². The van der Waals surface area contributed by atoms with E-state index in [2.05, 4.69) is 0 Å². The van der Waals surface area contributed by atoms with E-state index < -0.39 is 18.2 Å². The van der Waals surface area contributed by atoms with Gasteiger partial charge in [-0.1, -0.05) is 0 Å². The Hall–Kier alpha value is -3.01. The quantitative estimate of drug-likeness (QED) is 0.600. The molecule has 0 spiro atoms. The summed E-state index contributed by atoms with van der Waals surface area (Å²) >= 11 is 0. The molecule has 2 N–H and O–H groups in total. The van der Waals surface area contributed by atoms with E-state index in [0.717, 1.165) is 17.7 Å². The molecule has 0 bridgehead atoms. The Kier molecular flexibility index (Phi) is 7.56. The second-order valence-electron chi connectivity index (χ2n) is 7.68. The van der Waals surface area contributed by atoms with Gasteiger partial charge in [-0.25, -0.2) is 9.59 Å². The van der Waals surface area contributed by atoms with Crippen molar-refractivity contribution >= 4 is 23.8 Å². The highest BCUT2D eigenvalue weighted by Crippen LogP contribution is 2.31. The number of piperazine rings is 1. The van der Waals surface area contributed by atoms with E-state index >= 15 is 0 Å². The normalized spacial score (nSPS) is 18.7. The molecule has 170 valence electrons. The summed E-state index contributed by atoms with van der Waals surface area (Å²) in [5.41, 5.74) is 1.93. The summed E-state index contributed by atoms with van der Waals surface area (Å²) in [4.78, 5) is 39.3. The molecule has 0 aliphatic carbocycles. The summed E-state index contributed by atoms with van der Waals surface area (Å²) in [6.07, 6.45) is 0.139. The largest absolute Gasteiger partial charge is 0.494 e. The zero-order chi connectivity index (χ0) is 22.4. The molecule has 1 aromatic carbocycles. The van der Waals surface area contributed by atoms with Crippen LogP contribution in [0.15, 0.2) is 18.2 Å². The second kappa shape index (κ2) is 10.3. The van der Waals surface area contributed by atoms with Crippen LogP contribution in [0.3, 0.4) is 0 Å². The highest BCUT2D eigenvalue weighted by Gasteiger charge is 2.32. The van der Waals surface area contributed by atoms with Crippen LogP contribution in [-0.2, 0) is 16.0 Å². The van der Waals surface area contributed by atoms with Gasteiger partial charge in [0.15, 0.2) is 0 Å². The number of ether oxygens (including phenoxy) is 2. The first-order valence-electron chi connectivity index (χ1n) is 10.4. The minimum absolute atomic E-state index is 0.103. The highest BCUT2D eigenvalue weighted by atomic mass is 16.5. The number of amides is 3. The van der Waals surface area contributed by atoms with E-state index in [1.807, 2.05) is 12.1 Å². The fourth-order valence-electron chi connectivity index (χ4n) is 4.08. The Bertz CT molecular complexity index is 816. The maximum Gasteiger partial charge on any atom is 0.407 e. The van der Waals surface area contributed by atoms with Crippen LogP contribution in [0.5, 0.6) is 5.75 Å². The van der Waals surface area contributed by atoms with Crippen LogP contribution in [-0.4, -0.2) is 90.7 Å². The van der Waals surface area contributed by atoms with E-state index in [9.17, 15) is 24.6 Å². The first-order valence-corrected chi connectivity index (χ1v) is 10.4. The molecule has 0 unspecified atom stereocenters. The van der Waals surface area contributed by atoms with Crippen molar-refractivity contribution in [1.29, 1.82) is 0 Å². The van der Waals surface area contributed by atoms with Crippen molar-refractivity contribution in [2.45, 2.75) is 31.7 Å². The third-order valence-electron chi connectivity index (χ3n) is 5.70. The van der Waals surface area contributed by atoms with Gasteiger partial charge in [-0.2, -0.15) is 0 Å². The van der Waals surface area contributed by atoms with E-state index in [-0.39, 0.29) is 32.1 Å². The molecule has 3 amide bonds. The first kappa shape index (κ1) is 22.7. The number of methoxy groups -OCH3 is 1. The van der Waals surface area contributed by atoms with Crippen LogP contribution in [0, 0.1) is 0 Å². The number of aryl methyl sites for hydroxylation is 1. The van der Waals surface area contributed by atoms with Crippen LogP contribution in [0.1, 0.15) is 24.8 Å². The molecule has 0 aromatic heterocycles. The van der Waals surface area contributed by atoms with Crippen LogP contribution in [0.2, 0.25) is 0 Å². The van der Waals surface area contributed by atoms with Crippen molar-refractivity contribution in [1.82, 2.24) is 9.80 Å². The molecule has 0 saturated carbocycles. The molecule has 1 saturated heterocycles. The van der Waals surface area contributed by atoms with Gasteiger partial charge in [0.25, 0.3) is 0 Å². The molecular weight excluding hydrogens is 406 g/mol. The van der Waals surface area contributed by atoms with Crippen molar-refractivity contribution < 1.29 is 34.1 Å². The third kappa shape index (κ3) is 5.57. The van der Waals surface area contributed by atoms with E-state index in [1.165, 1.54) is 9.80 Å². The van der Waals surface area contributed by atoms with Crippen LogP contribution in [0.25, 0.3) is 0 Å². The number of rotatable bonds is 8. The number of benzene rings is 1. The Balaban J connectivity index is 1.60. The Morgan fingerprint density at radius 3 is 2.65 bits per heavy atom. The standard InChI is InChI=1S/C21H29N3O7/c1-30-11-2-8-24-18-5-4-17(13-15(18)3-6-19(24)25)31-12-7-16-14-22(20(26)27)9-10-23(16)21(28)29/h4-5,13,16H,2-3,6-12,14H2,1H3,(H,26,27)(H,28,29)/t16-/m1/s1. The van der Waals surface area contributed by atoms with Gasteiger partial charge in [-0.05, 0) is 36.6 Å². The number of fused-ring (bicyclic) bond motifs is 1. The molecule has 2 heterocycles. The highest BCUT2D eigenvalue weighted by molar-refractivity contribution is 5.96. The lowest BCUT2D eigenvalue weighted by Crippen LogP contribution is -2.56. The van der Waals surface area contributed by atoms with Crippen molar-refractivity contribution in [3.63, 3.8) is 0 Å². The van der Waals surface area contributed by atoms with E-state index in [4.69, 9.17) is 9.47 Å². The summed E-state index contributed by atoms with van der Waals surface area (Å²) < 4.78 is 10.9. The average molecular weight is 435 g/mol. The zero-order valence-corrected chi connectivity index (χ0v) is 17.7. The number of nitrogens with zero attached hydrogens (tertiary/aromatic N) is 3. The fourth-order valence-corrected chi connectivity index (χ4v) is 4.08. The Morgan fingerprint density at radius 1 is 1.13 bits per heavy atom. The molecule has 1 aromatic rings. The first-order chi connectivity index (χ1) is 14.9. The van der Waals surface area contributed by atoms with Gasteiger partial charge in [0.2, 0.25) is 5.91 Å². The van der Waals surface area contributed by atoms with Gasteiger partial charge < -0.3 is 34.4 Å². The number of hydrogen-bond donors (Lipinski definition) is 2. The van der Waals surface area contributed by atoms with Crippen LogP contribution < -0.4 is 9.64 Å². The van der Waals surface area contributed by atoms with Gasteiger partial charge in [0.1, 0.15) is 5.75 Å². The van der Waals surface area contributed by atoms with Crippen LogP contribution >= 0.6 is 0 Å². The molecule has 0 radical (unpaired) electrons. The average Bonchev–Trinajstić information content (AvgIpc) is 2.75. The van der Waals surface area contributed by atoms with Gasteiger partial charge in [-0.3, -0.25) is 4.79 Å². The fraction of sp³-hybridized carbons (Fsp3) is 0.571. The summed E-state index contributed by atoms with van der Waals surface area (Å²) in [5.74, 6) is 0.754. The molecule has 31 heavy (non-hydrogen) atoms. The number of anilines is 1. The molecule has 1 fully saturated rings. The molecule has 10 nitrogen and oxygen atoms in total. The third-order valence-corrected chi connectivity index (χ3v) is 5.70. The number of carbonyl (C=O) groups is 3. The molecular formula is C21H29N3O7. The maximum atomic E-state index is 12.3. The summed E-state index contributed by atoms with van der Waals surface area (Å²) in [7, 11) is 1.64. The predicted octanol–water partition coefficient (Wildman–Crippen LogP) is 2.11. The minimum Gasteiger partial charge on any atom is -0.494 e. The molecule has 1 atom stereocenters. The molecule has 10 heteroatoms. The monoisotopic (exact) mass is 435 g/mol. The van der Waals surface area contributed by atoms with Gasteiger partial charge >= 0.3 is 12.2 Å². The van der Waals surface area contributed by atoms with Gasteiger partial charge in [-0.15, -0.1) is 0 Å². The van der Waals surface area contributed by atoms with Crippen molar-refractivity contribution in [3.05, 3.63) is 23.8 Å². The van der Waals surface area contributed by atoms with Crippen molar-refractivity contribution in [2.24, 2.45) is 0 Å². The lowest BCUT2D eigenvalue weighted by Gasteiger charge is -2.38. The van der Waals surface area contributed by atoms with E-state index in [0.29, 0.717) is 38.2 Å². The van der Waals surface area contributed by atoms with Crippen LogP contribution in [0.4, 0.5) is 15.3 Å². The van der Waals surface area contributed by atoms with E-state index in [1.54, 1.807) is 18.1 Å². The molecule has 2 aliphatic heterocycles. The summed E-state index contributed by atoms with van der Waals surface area (Å²) in [5, 5.41) is 18.6. The summed E-state index contributed by atoms with van der Waals surface area (Å²) in [6, 6.07) is 5.16. The smallest absolute Gasteiger partial charge is 0.407 e. The topological polar surface area (TPSA) is 120 Å². The zero-order valence-electron chi connectivity index (χ0n) is 17.7. The number of carboxylic acid groups (broad SMARTS) is 2. The van der Waals surface area contributed by atoms with Gasteiger partial charge in [0, 0.05) is 58.4 Å². The predicted molar refractivity (Wildman–Crippen MR) is 112 cm³/mol. The molecule has 2 aliphatic rings. The SMILES string of the molecule is COCCCN1C(=O)CCc2cc(OCC[C@@H]3CN(C(=O)O)CCN3C(=O)O)ccc21. The summed E-state index contributed by atoms with van der Waals surface area (Å²) in [6.45, 7) is 1.91. The lowest BCUT2D eigenvalue weighted by atomic mass is 10.0. The number of hydrogen-bond acceptors (Lipinski definition) is 5. The second-order valence-corrected chi connectivity index (χ2v) is 7.68. The number of carbonyl (C=O) groups excluding carboxylic acids is 1.